The molecule has 2 N–H and O–H groups in total. The van der Waals surface area contributed by atoms with Crippen molar-refractivity contribution in [1.29, 1.82) is 0 Å². The van der Waals surface area contributed by atoms with Crippen LogP contribution in [-0.2, 0) is 18.4 Å². The fourth-order valence-electron chi connectivity index (χ4n) is 2.37. The van der Waals surface area contributed by atoms with Gasteiger partial charge in [0.15, 0.2) is 5.96 Å². The van der Waals surface area contributed by atoms with Crippen molar-refractivity contribution in [1.82, 2.24) is 15.6 Å². The maximum atomic E-state index is 5.79. The smallest absolute Gasteiger partial charge is 0.216 e. The Morgan fingerprint density at radius 3 is 2.73 bits per heavy atom. The van der Waals surface area contributed by atoms with Gasteiger partial charge in [0.1, 0.15) is 18.1 Å². The van der Waals surface area contributed by atoms with Crippen LogP contribution in [0.1, 0.15) is 44.9 Å². The van der Waals surface area contributed by atoms with Gasteiger partial charge in [-0.05, 0) is 31.0 Å². The van der Waals surface area contributed by atoms with E-state index >= 15 is 0 Å². The van der Waals surface area contributed by atoms with Crippen molar-refractivity contribution in [2.75, 3.05) is 20.2 Å². The lowest BCUT2D eigenvalue weighted by Gasteiger charge is -2.13. The largest absolute Gasteiger partial charge is 0.497 e. The molecule has 2 aromatic rings. The average molecular weight is 358 g/mol. The van der Waals surface area contributed by atoms with Crippen molar-refractivity contribution >= 4 is 5.96 Å². The number of ether oxygens (including phenoxy) is 1. The Morgan fingerprint density at radius 1 is 1.27 bits per heavy atom. The molecule has 26 heavy (non-hydrogen) atoms. The summed E-state index contributed by atoms with van der Waals surface area (Å²) < 4.78 is 11.0. The van der Waals surface area contributed by atoms with Gasteiger partial charge in [0, 0.05) is 18.5 Å². The SMILES string of the molecule is CCNC(=NCc1ncc(C(C)(C)C)o1)NCCc1cccc(OC)c1. The maximum absolute atomic E-state index is 5.79. The Balaban J connectivity index is 1.90. The van der Waals surface area contributed by atoms with E-state index in [0.29, 0.717) is 12.4 Å². The van der Waals surface area contributed by atoms with Crippen LogP contribution in [0.3, 0.4) is 0 Å². The molecule has 0 amide bonds. The molecule has 0 radical (unpaired) electrons. The molecule has 0 fully saturated rings. The van der Waals surface area contributed by atoms with E-state index in [2.05, 4.69) is 47.4 Å². The van der Waals surface area contributed by atoms with Gasteiger partial charge in [-0.25, -0.2) is 9.98 Å². The maximum Gasteiger partial charge on any atom is 0.216 e. The van der Waals surface area contributed by atoms with Crippen molar-refractivity contribution < 1.29 is 9.15 Å². The predicted octanol–water partition coefficient (Wildman–Crippen LogP) is 3.28. The first-order valence-electron chi connectivity index (χ1n) is 9.02. The summed E-state index contributed by atoms with van der Waals surface area (Å²) in [4.78, 5) is 8.88. The van der Waals surface area contributed by atoms with Crippen LogP contribution in [0, 0.1) is 0 Å². The van der Waals surface area contributed by atoms with E-state index in [9.17, 15) is 0 Å². The van der Waals surface area contributed by atoms with Crippen LogP contribution in [0.4, 0.5) is 0 Å². The molecular formula is C20H30N4O2. The molecule has 2 rings (SSSR count). The Bertz CT molecular complexity index is 717. The lowest BCUT2D eigenvalue weighted by Crippen LogP contribution is -2.38. The minimum Gasteiger partial charge on any atom is -0.497 e. The molecule has 6 nitrogen and oxygen atoms in total. The van der Waals surface area contributed by atoms with Crippen LogP contribution in [0.2, 0.25) is 0 Å². The van der Waals surface area contributed by atoms with Gasteiger partial charge in [-0.1, -0.05) is 32.9 Å². The molecule has 1 aromatic heterocycles. The first-order valence-corrected chi connectivity index (χ1v) is 9.02. The number of nitrogens with zero attached hydrogens (tertiary/aromatic N) is 2. The summed E-state index contributed by atoms with van der Waals surface area (Å²) in [6.45, 7) is 10.3. The van der Waals surface area contributed by atoms with Gasteiger partial charge < -0.3 is 19.8 Å². The fraction of sp³-hybridized carbons (Fsp3) is 0.500. The third-order valence-electron chi connectivity index (χ3n) is 3.85. The summed E-state index contributed by atoms with van der Waals surface area (Å²) >= 11 is 0. The normalized spacial score (nSPS) is 12.1. The standard InChI is InChI=1S/C20H30N4O2/c1-6-21-19(22-11-10-15-8-7-9-16(12-15)25-5)24-14-18-23-13-17(26-18)20(2,3)4/h7-9,12-13H,6,10-11,14H2,1-5H3,(H2,21,22,24). The van der Waals surface area contributed by atoms with Crippen LogP contribution in [0.15, 0.2) is 39.9 Å². The lowest BCUT2D eigenvalue weighted by molar-refractivity contribution is 0.383. The molecule has 142 valence electrons. The highest BCUT2D eigenvalue weighted by atomic mass is 16.5. The second-order valence-corrected chi connectivity index (χ2v) is 7.09. The van der Waals surface area contributed by atoms with Gasteiger partial charge in [0.05, 0.1) is 13.3 Å². The van der Waals surface area contributed by atoms with E-state index in [1.807, 2.05) is 25.1 Å². The summed E-state index contributed by atoms with van der Waals surface area (Å²) in [5.41, 5.74) is 1.17. The molecule has 0 bridgehead atoms. The quantitative estimate of drug-likeness (QED) is 0.587. The Labute approximate surface area is 156 Å². The third kappa shape index (κ3) is 6.10. The molecule has 0 aliphatic carbocycles. The first-order chi connectivity index (χ1) is 12.4. The summed E-state index contributed by atoms with van der Waals surface area (Å²) in [5, 5.41) is 6.59. The van der Waals surface area contributed by atoms with Crippen molar-refractivity contribution in [3.63, 3.8) is 0 Å². The minimum absolute atomic E-state index is 0.0472. The molecule has 0 aliphatic rings. The molecule has 0 atom stereocenters. The zero-order valence-electron chi connectivity index (χ0n) is 16.4. The predicted molar refractivity (Wildman–Crippen MR) is 105 cm³/mol. The summed E-state index contributed by atoms with van der Waals surface area (Å²) in [7, 11) is 1.68. The summed E-state index contributed by atoms with van der Waals surface area (Å²) in [6.07, 6.45) is 2.67. The van der Waals surface area contributed by atoms with Gasteiger partial charge >= 0.3 is 0 Å². The van der Waals surface area contributed by atoms with Gasteiger partial charge in [-0.2, -0.15) is 0 Å². The monoisotopic (exact) mass is 358 g/mol. The molecule has 0 saturated carbocycles. The van der Waals surface area contributed by atoms with E-state index in [1.54, 1.807) is 13.3 Å². The number of hydrogen-bond acceptors (Lipinski definition) is 4. The van der Waals surface area contributed by atoms with Gasteiger partial charge in [0.2, 0.25) is 5.89 Å². The van der Waals surface area contributed by atoms with E-state index in [1.165, 1.54) is 5.56 Å². The number of rotatable bonds is 7. The van der Waals surface area contributed by atoms with Crippen LogP contribution in [0.5, 0.6) is 5.75 Å². The van der Waals surface area contributed by atoms with Crippen molar-refractivity contribution in [3.8, 4) is 5.75 Å². The topological polar surface area (TPSA) is 71.7 Å². The first kappa shape index (κ1) is 19.8. The zero-order chi connectivity index (χ0) is 19.0. The van der Waals surface area contributed by atoms with Crippen LogP contribution in [-0.4, -0.2) is 31.1 Å². The molecule has 0 aliphatic heterocycles. The second-order valence-electron chi connectivity index (χ2n) is 7.09. The fourth-order valence-corrected chi connectivity index (χ4v) is 2.37. The molecule has 0 saturated heterocycles. The third-order valence-corrected chi connectivity index (χ3v) is 3.85. The number of aromatic nitrogens is 1. The molecule has 0 unspecified atom stereocenters. The van der Waals surface area contributed by atoms with E-state index in [0.717, 1.165) is 37.0 Å². The number of benzene rings is 1. The zero-order valence-corrected chi connectivity index (χ0v) is 16.4. The number of hydrogen-bond donors (Lipinski definition) is 2. The van der Waals surface area contributed by atoms with Crippen LogP contribution < -0.4 is 15.4 Å². The van der Waals surface area contributed by atoms with Crippen LogP contribution in [0.25, 0.3) is 0 Å². The second kappa shape index (κ2) is 9.27. The van der Waals surface area contributed by atoms with Crippen molar-refractivity contribution in [2.45, 2.75) is 46.1 Å². The molecule has 1 aromatic carbocycles. The van der Waals surface area contributed by atoms with Crippen molar-refractivity contribution in [3.05, 3.63) is 47.7 Å². The summed E-state index contributed by atoms with van der Waals surface area (Å²) in [6, 6.07) is 8.09. The Hall–Kier alpha value is -2.50. The molecular weight excluding hydrogens is 328 g/mol. The summed E-state index contributed by atoms with van der Waals surface area (Å²) in [5.74, 6) is 3.13. The number of aliphatic imine (C=N–C) groups is 1. The number of oxazole rings is 1. The van der Waals surface area contributed by atoms with Crippen LogP contribution >= 0.6 is 0 Å². The number of methoxy groups -OCH3 is 1. The minimum atomic E-state index is -0.0472. The average Bonchev–Trinajstić information content (AvgIpc) is 3.09. The lowest BCUT2D eigenvalue weighted by atomic mass is 9.94. The highest BCUT2D eigenvalue weighted by Gasteiger charge is 2.18. The Kier molecular flexibility index (Phi) is 7.06. The Morgan fingerprint density at radius 2 is 2.08 bits per heavy atom. The number of guanidine groups is 1. The van der Waals surface area contributed by atoms with E-state index < -0.39 is 0 Å². The van der Waals surface area contributed by atoms with Crippen molar-refractivity contribution in [2.24, 2.45) is 4.99 Å². The highest BCUT2D eigenvalue weighted by Crippen LogP contribution is 2.22. The van der Waals surface area contributed by atoms with Gasteiger partial charge in [-0.3, -0.25) is 0 Å². The van der Waals surface area contributed by atoms with Gasteiger partial charge in [-0.15, -0.1) is 0 Å². The van der Waals surface area contributed by atoms with Gasteiger partial charge in [0.25, 0.3) is 0 Å². The van der Waals surface area contributed by atoms with E-state index in [4.69, 9.17) is 9.15 Å². The van der Waals surface area contributed by atoms with E-state index in [-0.39, 0.29) is 5.41 Å². The molecule has 1 heterocycles. The molecule has 0 spiro atoms. The number of nitrogens with one attached hydrogen (secondary N) is 2. The molecule has 6 heteroatoms. The highest BCUT2D eigenvalue weighted by molar-refractivity contribution is 5.79.